The molecule has 1 N–H and O–H groups in total. The van der Waals surface area contributed by atoms with Crippen LogP contribution in [-0.4, -0.2) is 59.9 Å². The second-order valence-electron chi connectivity index (χ2n) is 15.8. The van der Waals surface area contributed by atoms with Gasteiger partial charge in [-0.1, -0.05) is 30.3 Å². The molecule has 0 aliphatic carbocycles. The molecule has 0 saturated carbocycles. The normalized spacial score (nSPS) is 17.3. The van der Waals surface area contributed by atoms with Crippen LogP contribution in [0.15, 0.2) is 112 Å². The number of fused-ring (bicyclic) bond motifs is 7. The molecule has 4 aliphatic heterocycles. The zero-order valence-corrected chi connectivity index (χ0v) is 33.0. The van der Waals surface area contributed by atoms with Crippen LogP contribution in [-0.2, 0) is 28.6 Å². The quantitative estimate of drug-likeness (QED) is 0.131. The van der Waals surface area contributed by atoms with Crippen molar-refractivity contribution >= 4 is 61.1 Å². The largest absolute Gasteiger partial charge is 0.481 e. The first-order valence-corrected chi connectivity index (χ1v) is 21.1. The van der Waals surface area contributed by atoms with Crippen molar-refractivity contribution in [2.75, 3.05) is 45.2 Å². The fraction of sp³-hybridized carbons (Fsp3) is 0.277. The Morgan fingerprint density at radius 3 is 2.33 bits per heavy atom. The Kier molecular flexibility index (Phi) is 8.98. The van der Waals surface area contributed by atoms with Crippen LogP contribution < -0.4 is 24.8 Å². The highest BCUT2D eigenvalue weighted by Crippen LogP contribution is 2.45. The molecule has 1 unspecified atom stereocenters. The third-order valence-electron chi connectivity index (χ3n) is 12.2. The van der Waals surface area contributed by atoms with E-state index in [2.05, 4.69) is 62.2 Å². The number of aliphatic carboxylic acids is 1. The zero-order valence-electron chi connectivity index (χ0n) is 32.2. The van der Waals surface area contributed by atoms with Crippen molar-refractivity contribution in [2.45, 2.75) is 43.4 Å². The second-order valence-corrected chi connectivity index (χ2v) is 17.3. The Balaban J connectivity index is 1.15. The molecule has 286 valence electrons. The average Bonchev–Trinajstić information content (AvgIpc) is 3.25. The lowest BCUT2D eigenvalue weighted by molar-refractivity contribution is -0.142. The number of rotatable bonds is 7. The smallest absolute Gasteiger partial charge is 0.306 e. The van der Waals surface area contributed by atoms with Crippen LogP contribution in [0, 0.1) is 5.92 Å². The van der Waals surface area contributed by atoms with Gasteiger partial charge in [0, 0.05) is 89.5 Å². The Morgan fingerprint density at radius 1 is 0.807 bits per heavy atom. The van der Waals surface area contributed by atoms with E-state index in [0.717, 1.165) is 105 Å². The van der Waals surface area contributed by atoms with E-state index in [-0.39, 0.29) is 0 Å². The number of ether oxygens (including phenoxy) is 1. The van der Waals surface area contributed by atoms with Gasteiger partial charge in [0.25, 0.3) is 0 Å². The summed E-state index contributed by atoms with van der Waals surface area (Å²) in [5.74, 6) is 0.413. The molecule has 10 heteroatoms. The van der Waals surface area contributed by atoms with Gasteiger partial charge in [-0.25, -0.2) is 13.1 Å². The highest BCUT2D eigenvalue weighted by molar-refractivity contribution is 7.82. The summed E-state index contributed by atoms with van der Waals surface area (Å²) in [6.07, 6.45) is 5.33. The number of hydrogen-bond acceptors (Lipinski definition) is 6. The maximum Gasteiger partial charge on any atom is 0.306 e. The minimum Gasteiger partial charge on any atom is -0.481 e. The van der Waals surface area contributed by atoms with E-state index in [1.807, 2.05) is 73.0 Å². The number of carboxylic acid groups (broad SMARTS) is 1. The SMILES string of the molecule is CN(C)c1ccc(N=Nc2ccc3c4c(ccc3c2)C(c2ccccc2S(=O)N2CCC(C(=O)O)CC2)=c2ccc3c5c6c(cc3c2O4)CCC[N+]=6CCC5)cc1. The molecular formula is C47H44N5O4S+. The van der Waals surface area contributed by atoms with Crippen LogP contribution in [0.25, 0.3) is 27.1 Å². The predicted octanol–water partition coefficient (Wildman–Crippen LogP) is 8.03. The van der Waals surface area contributed by atoms with E-state index in [1.54, 1.807) is 0 Å². The van der Waals surface area contributed by atoms with Crippen molar-refractivity contribution in [3.63, 3.8) is 0 Å². The fourth-order valence-electron chi connectivity index (χ4n) is 9.32. The minimum absolute atomic E-state index is 0.404. The summed E-state index contributed by atoms with van der Waals surface area (Å²) < 4.78 is 26.3. The standard InChI is InChI=1S/C47H43N5O4S/c1-50(2)34-15-12-32(13-16-34)48-49-33-14-18-35-30(27-33)11-17-39-43(38-8-3-4-10-42(38)57(55)52-25-21-29(22-26-52)47(53)54)40-20-19-36-37-9-6-24-51-23-5-7-31(44(37)51)28-41(36)46(40)56-45(35)39/h3-4,8,10-20,27-29H,5-7,9,21-26H2,1-2H3/p+1. The molecule has 10 rings (SSSR count). The van der Waals surface area contributed by atoms with Gasteiger partial charge in [-0.2, -0.15) is 10.2 Å². The summed E-state index contributed by atoms with van der Waals surface area (Å²) in [5, 5.41) is 25.5. The van der Waals surface area contributed by atoms with Crippen molar-refractivity contribution in [3.8, 4) is 11.5 Å². The first-order valence-electron chi connectivity index (χ1n) is 20.0. The third-order valence-corrected chi connectivity index (χ3v) is 13.8. The summed E-state index contributed by atoms with van der Waals surface area (Å²) >= 11 is 0. The lowest BCUT2D eigenvalue weighted by Gasteiger charge is -2.30. The maximum atomic E-state index is 14.5. The van der Waals surface area contributed by atoms with Crippen molar-refractivity contribution in [3.05, 3.63) is 130 Å². The van der Waals surface area contributed by atoms with E-state index in [4.69, 9.17) is 4.74 Å². The van der Waals surface area contributed by atoms with Gasteiger partial charge in [0.15, 0.2) is 0 Å². The molecule has 1 saturated heterocycles. The number of hydrogen-bond donors (Lipinski definition) is 1. The summed E-state index contributed by atoms with van der Waals surface area (Å²) in [6, 6.07) is 33.2. The van der Waals surface area contributed by atoms with Crippen molar-refractivity contribution in [1.29, 1.82) is 0 Å². The number of benzene rings is 6. The lowest BCUT2D eigenvalue weighted by atomic mass is 9.87. The van der Waals surface area contributed by atoms with Gasteiger partial charge in [0.2, 0.25) is 5.36 Å². The van der Waals surface area contributed by atoms with Crippen molar-refractivity contribution < 1.29 is 18.8 Å². The number of azo groups is 1. The lowest BCUT2D eigenvalue weighted by Crippen LogP contribution is -2.43. The predicted molar refractivity (Wildman–Crippen MR) is 226 cm³/mol. The van der Waals surface area contributed by atoms with Crippen molar-refractivity contribution in [2.24, 2.45) is 16.1 Å². The van der Waals surface area contributed by atoms with Crippen LogP contribution >= 0.6 is 0 Å². The average molecular weight is 775 g/mol. The van der Waals surface area contributed by atoms with Gasteiger partial charge < -0.3 is 14.7 Å². The topological polar surface area (TPSA) is 97.8 Å². The number of carbonyl (C=O) groups is 1. The summed E-state index contributed by atoms with van der Waals surface area (Å²) in [6.45, 7) is 3.14. The number of carboxylic acids is 1. The molecular weight excluding hydrogens is 731 g/mol. The van der Waals surface area contributed by atoms with E-state index in [9.17, 15) is 14.1 Å². The Labute approximate surface area is 333 Å². The van der Waals surface area contributed by atoms with Crippen LogP contribution in [0.3, 0.4) is 0 Å². The number of nitrogens with zero attached hydrogens (tertiary/aromatic N) is 5. The summed E-state index contributed by atoms with van der Waals surface area (Å²) in [4.78, 5) is 14.5. The molecule has 57 heavy (non-hydrogen) atoms. The van der Waals surface area contributed by atoms with E-state index in [1.165, 1.54) is 21.9 Å². The van der Waals surface area contributed by atoms with Gasteiger partial charge >= 0.3 is 5.97 Å². The second kappa shape index (κ2) is 14.3. The number of piperidine rings is 1. The van der Waals surface area contributed by atoms with Gasteiger partial charge in [-0.15, -0.1) is 0 Å². The molecule has 0 aromatic heterocycles. The number of aryl methyl sites for hydroxylation is 2. The maximum absolute atomic E-state index is 14.5. The van der Waals surface area contributed by atoms with E-state index < -0.39 is 22.9 Å². The summed E-state index contributed by atoms with van der Waals surface area (Å²) in [5.41, 5.74) is 8.24. The van der Waals surface area contributed by atoms with Gasteiger partial charge in [0.1, 0.15) is 35.6 Å². The van der Waals surface area contributed by atoms with E-state index >= 15 is 0 Å². The molecule has 0 bridgehead atoms. The third kappa shape index (κ3) is 6.22. The zero-order chi connectivity index (χ0) is 38.8. The number of anilines is 1. The molecule has 1 fully saturated rings. The first kappa shape index (κ1) is 35.7. The molecule has 6 aromatic rings. The highest BCUT2D eigenvalue weighted by Gasteiger charge is 2.32. The summed E-state index contributed by atoms with van der Waals surface area (Å²) in [7, 11) is 2.53. The van der Waals surface area contributed by atoms with E-state index in [0.29, 0.717) is 30.8 Å². The molecule has 1 atom stereocenters. The van der Waals surface area contributed by atoms with Gasteiger partial charge in [0.05, 0.1) is 22.2 Å². The molecule has 4 heterocycles. The molecule has 4 aliphatic rings. The monoisotopic (exact) mass is 774 g/mol. The molecule has 0 spiro atoms. The molecule has 0 radical (unpaired) electrons. The van der Waals surface area contributed by atoms with Crippen LogP contribution in [0.5, 0.6) is 11.5 Å². The highest BCUT2D eigenvalue weighted by atomic mass is 32.2. The van der Waals surface area contributed by atoms with Crippen molar-refractivity contribution in [1.82, 2.24) is 8.88 Å². The Hall–Kier alpha value is -5.71. The minimum atomic E-state index is -1.50. The van der Waals surface area contributed by atoms with Crippen LogP contribution in [0.2, 0.25) is 0 Å². The van der Waals surface area contributed by atoms with Gasteiger partial charge in [-0.05, 0) is 103 Å². The Morgan fingerprint density at radius 2 is 1.54 bits per heavy atom. The first-order chi connectivity index (χ1) is 27.8. The Bertz CT molecular complexity index is 2820. The fourth-order valence-corrected chi connectivity index (χ4v) is 10.7. The van der Waals surface area contributed by atoms with Crippen LogP contribution in [0.1, 0.15) is 47.9 Å². The molecule has 6 aromatic carbocycles. The van der Waals surface area contributed by atoms with Crippen LogP contribution in [0.4, 0.5) is 17.1 Å². The van der Waals surface area contributed by atoms with Gasteiger partial charge in [-0.3, -0.25) is 4.79 Å². The molecule has 9 nitrogen and oxygen atoms in total. The molecule has 0 amide bonds.